The molecule has 1 rings (SSSR count). The molecular formula is C7H9NO4S. The minimum Gasteiger partial charge on any atom is -0.508 e. The minimum atomic E-state index is -4.32. The molecule has 1 aromatic rings. The van der Waals surface area contributed by atoms with E-state index in [1.54, 1.807) is 0 Å². The van der Waals surface area contributed by atoms with Crippen LogP contribution in [0.15, 0.2) is 17.0 Å². The zero-order valence-corrected chi connectivity index (χ0v) is 7.67. The Kier molecular flexibility index (Phi) is 2.19. The van der Waals surface area contributed by atoms with E-state index in [1.807, 2.05) is 0 Å². The second-order valence-electron chi connectivity index (χ2n) is 2.63. The lowest BCUT2D eigenvalue weighted by atomic mass is 10.2. The van der Waals surface area contributed by atoms with E-state index in [0.29, 0.717) is 0 Å². The molecular weight excluding hydrogens is 194 g/mol. The molecule has 0 aliphatic heterocycles. The number of aromatic hydroxyl groups is 1. The molecule has 0 unspecified atom stereocenters. The summed E-state index contributed by atoms with van der Waals surface area (Å²) in [7, 11) is -4.32. The number of nitrogen functional groups attached to an aromatic ring is 1. The van der Waals surface area contributed by atoms with Gasteiger partial charge in [0.15, 0.2) is 0 Å². The van der Waals surface area contributed by atoms with Crippen LogP contribution in [0, 0.1) is 6.92 Å². The van der Waals surface area contributed by atoms with Gasteiger partial charge in [0, 0.05) is 17.8 Å². The molecule has 0 atom stereocenters. The Morgan fingerprint density at radius 2 is 1.92 bits per heavy atom. The minimum absolute atomic E-state index is 0.118. The molecule has 5 nitrogen and oxygen atoms in total. The van der Waals surface area contributed by atoms with E-state index in [0.717, 1.165) is 6.07 Å². The van der Waals surface area contributed by atoms with Crippen LogP contribution in [0.2, 0.25) is 0 Å². The van der Waals surface area contributed by atoms with Crippen molar-refractivity contribution in [3.8, 4) is 5.75 Å². The molecule has 0 heterocycles. The predicted molar refractivity (Wildman–Crippen MR) is 47.1 cm³/mol. The highest BCUT2D eigenvalue weighted by molar-refractivity contribution is 7.85. The lowest BCUT2D eigenvalue weighted by Gasteiger charge is -2.05. The van der Waals surface area contributed by atoms with Crippen molar-refractivity contribution in [3.05, 3.63) is 17.7 Å². The van der Waals surface area contributed by atoms with Gasteiger partial charge >= 0.3 is 0 Å². The van der Waals surface area contributed by atoms with Gasteiger partial charge in [-0.2, -0.15) is 8.42 Å². The van der Waals surface area contributed by atoms with Crippen molar-refractivity contribution in [3.63, 3.8) is 0 Å². The maximum atomic E-state index is 10.7. The Bertz CT molecular complexity index is 438. The fourth-order valence-corrected chi connectivity index (χ4v) is 1.74. The fraction of sp³-hybridized carbons (Fsp3) is 0.143. The third-order valence-corrected chi connectivity index (χ3v) is 2.64. The summed E-state index contributed by atoms with van der Waals surface area (Å²) < 4.78 is 30.2. The summed E-state index contributed by atoms with van der Waals surface area (Å²) in [5, 5.41) is 9.03. The van der Waals surface area contributed by atoms with Gasteiger partial charge in [-0.1, -0.05) is 0 Å². The van der Waals surface area contributed by atoms with E-state index in [-0.39, 0.29) is 21.9 Å². The first kappa shape index (κ1) is 9.82. The van der Waals surface area contributed by atoms with Crippen LogP contribution in [0.5, 0.6) is 5.75 Å². The molecule has 0 spiro atoms. The number of rotatable bonds is 1. The molecule has 0 amide bonds. The molecule has 0 aromatic heterocycles. The maximum absolute atomic E-state index is 10.7. The Morgan fingerprint density at radius 3 is 2.38 bits per heavy atom. The summed E-state index contributed by atoms with van der Waals surface area (Å²) in [6.45, 7) is 1.44. The summed E-state index contributed by atoms with van der Waals surface area (Å²) in [6, 6.07) is 2.16. The largest absolute Gasteiger partial charge is 0.508 e. The van der Waals surface area contributed by atoms with Crippen molar-refractivity contribution in [2.75, 3.05) is 5.73 Å². The number of benzene rings is 1. The van der Waals surface area contributed by atoms with Crippen LogP contribution in [0.25, 0.3) is 0 Å². The first-order valence-electron chi connectivity index (χ1n) is 3.39. The third-order valence-electron chi connectivity index (χ3n) is 1.66. The van der Waals surface area contributed by atoms with Crippen LogP contribution in [-0.4, -0.2) is 18.1 Å². The summed E-state index contributed by atoms with van der Waals surface area (Å²) in [4.78, 5) is -0.370. The Hall–Kier alpha value is -1.27. The molecule has 0 aliphatic rings. The average Bonchev–Trinajstić information content (AvgIpc) is 1.94. The summed E-state index contributed by atoms with van der Waals surface area (Å²) >= 11 is 0. The van der Waals surface area contributed by atoms with Crippen molar-refractivity contribution < 1.29 is 18.1 Å². The molecule has 6 heteroatoms. The van der Waals surface area contributed by atoms with Crippen LogP contribution >= 0.6 is 0 Å². The average molecular weight is 203 g/mol. The fourth-order valence-electron chi connectivity index (χ4n) is 0.962. The van der Waals surface area contributed by atoms with Gasteiger partial charge in [-0.3, -0.25) is 4.55 Å². The summed E-state index contributed by atoms with van der Waals surface area (Å²) in [5.41, 5.74) is 5.72. The van der Waals surface area contributed by atoms with Crippen LogP contribution in [0.1, 0.15) is 5.56 Å². The van der Waals surface area contributed by atoms with Gasteiger partial charge in [0.1, 0.15) is 10.6 Å². The first-order chi connectivity index (χ1) is 5.82. The molecule has 0 saturated carbocycles. The molecule has 4 N–H and O–H groups in total. The number of nitrogens with two attached hydrogens (primary N) is 1. The molecule has 0 bridgehead atoms. The molecule has 72 valence electrons. The van der Waals surface area contributed by atoms with E-state index in [2.05, 4.69) is 0 Å². The van der Waals surface area contributed by atoms with E-state index >= 15 is 0 Å². The van der Waals surface area contributed by atoms with E-state index in [4.69, 9.17) is 15.4 Å². The van der Waals surface area contributed by atoms with Gasteiger partial charge in [-0.25, -0.2) is 0 Å². The summed E-state index contributed by atoms with van der Waals surface area (Å²) in [6.07, 6.45) is 0. The predicted octanol–water partition coefficient (Wildman–Crippen LogP) is 0.530. The van der Waals surface area contributed by atoms with Crippen molar-refractivity contribution in [1.29, 1.82) is 0 Å². The van der Waals surface area contributed by atoms with Crippen molar-refractivity contribution in [2.45, 2.75) is 11.8 Å². The van der Waals surface area contributed by atoms with Crippen molar-refractivity contribution in [1.82, 2.24) is 0 Å². The quantitative estimate of drug-likeness (QED) is 0.456. The van der Waals surface area contributed by atoms with Crippen molar-refractivity contribution in [2.24, 2.45) is 0 Å². The zero-order valence-electron chi connectivity index (χ0n) is 6.85. The van der Waals surface area contributed by atoms with Gasteiger partial charge in [-0.05, 0) is 12.5 Å². The maximum Gasteiger partial charge on any atom is 0.294 e. The van der Waals surface area contributed by atoms with E-state index < -0.39 is 10.1 Å². The molecule has 1 aromatic carbocycles. The van der Waals surface area contributed by atoms with Gasteiger partial charge in [0.25, 0.3) is 10.1 Å². The second kappa shape index (κ2) is 2.90. The van der Waals surface area contributed by atoms with Gasteiger partial charge in [0.05, 0.1) is 0 Å². The van der Waals surface area contributed by atoms with E-state index in [9.17, 15) is 8.42 Å². The topological polar surface area (TPSA) is 101 Å². The second-order valence-corrected chi connectivity index (χ2v) is 4.02. The Balaban J connectivity index is 3.56. The summed E-state index contributed by atoms with van der Waals surface area (Å²) in [5.74, 6) is -0.296. The number of hydrogen-bond donors (Lipinski definition) is 3. The normalized spacial score (nSPS) is 11.5. The zero-order chi connectivity index (χ0) is 10.2. The van der Waals surface area contributed by atoms with Gasteiger partial charge in [0.2, 0.25) is 0 Å². The highest BCUT2D eigenvalue weighted by Crippen LogP contribution is 2.26. The molecule has 0 saturated heterocycles. The van der Waals surface area contributed by atoms with Crippen LogP contribution in [0.3, 0.4) is 0 Å². The molecule has 13 heavy (non-hydrogen) atoms. The molecule has 0 aliphatic carbocycles. The van der Waals surface area contributed by atoms with Gasteiger partial charge < -0.3 is 10.8 Å². The SMILES string of the molecule is Cc1c(N)cc(O)cc1S(=O)(=O)O. The lowest BCUT2D eigenvalue weighted by Crippen LogP contribution is -2.03. The van der Waals surface area contributed by atoms with Crippen molar-refractivity contribution >= 4 is 15.8 Å². The number of anilines is 1. The van der Waals surface area contributed by atoms with Crippen LogP contribution < -0.4 is 5.73 Å². The monoisotopic (exact) mass is 203 g/mol. The molecule has 0 radical (unpaired) electrons. The highest BCUT2D eigenvalue weighted by atomic mass is 32.2. The Morgan fingerprint density at radius 1 is 1.38 bits per heavy atom. The highest BCUT2D eigenvalue weighted by Gasteiger charge is 2.15. The number of phenols is 1. The van der Waals surface area contributed by atoms with E-state index in [1.165, 1.54) is 13.0 Å². The lowest BCUT2D eigenvalue weighted by molar-refractivity contribution is 0.466. The first-order valence-corrected chi connectivity index (χ1v) is 4.83. The van der Waals surface area contributed by atoms with Crippen LogP contribution in [0.4, 0.5) is 5.69 Å². The number of phenolic OH excluding ortho intramolecular Hbond substituents is 1. The molecule has 0 fully saturated rings. The number of hydrogen-bond acceptors (Lipinski definition) is 4. The Labute approximate surface area is 75.6 Å². The van der Waals surface area contributed by atoms with Crippen LogP contribution in [-0.2, 0) is 10.1 Å². The smallest absolute Gasteiger partial charge is 0.294 e. The standard InChI is InChI=1S/C7H9NO4S/c1-4-6(8)2-5(9)3-7(4)13(10,11)12/h2-3,9H,8H2,1H3,(H,10,11,12). The third kappa shape index (κ3) is 1.90. The van der Waals surface area contributed by atoms with Gasteiger partial charge in [-0.15, -0.1) is 0 Å².